The summed E-state index contributed by atoms with van der Waals surface area (Å²) in [5.74, 6) is -2.12. The fourth-order valence-corrected chi connectivity index (χ4v) is 2.87. The molecule has 0 heterocycles. The number of halogens is 1. The van der Waals surface area contributed by atoms with E-state index in [1.165, 1.54) is 6.07 Å². The van der Waals surface area contributed by atoms with E-state index in [2.05, 4.69) is 16.2 Å². The van der Waals surface area contributed by atoms with E-state index >= 15 is 0 Å². The van der Waals surface area contributed by atoms with Gasteiger partial charge in [-0.2, -0.15) is 0 Å². The predicted molar refractivity (Wildman–Crippen MR) is 116 cm³/mol. The van der Waals surface area contributed by atoms with Crippen molar-refractivity contribution in [3.05, 3.63) is 64.7 Å². The van der Waals surface area contributed by atoms with Gasteiger partial charge in [0.25, 0.3) is 11.8 Å². The molecule has 0 aromatic heterocycles. The Kier molecular flexibility index (Phi) is 9.51. The third-order valence-corrected chi connectivity index (χ3v) is 4.58. The topological polar surface area (TPSA) is 114 Å². The molecule has 2 rings (SSSR count). The minimum atomic E-state index is -0.706. The van der Waals surface area contributed by atoms with Crippen LogP contribution < -0.4 is 16.2 Å². The highest BCUT2D eigenvalue weighted by Crippen LogP contribution is 2.16. The number of amides is 3. The van der Waals surface area contributed by atoms with Gasteiger partial charge in [0.2, 0.25) is 5.91 Å². The molecule has 0 saturated heterocycles. The maximum Gasteiger partial charge on any atom is 0.306 e. The van der Waals surface area contributed by atoms with E-state index in [9.17, 15) is 19.2 Å². The van der Waals surface area contributed by atoms with Crippen molar-refractivity contribution < 1.29 is 23.9 Å². The van der Waals surface area contributed by atoms with Gasteiger partial charge in [-0.1, -0.05) is 48.9 Å². The smallest absolute Gasteiger partial charge is 0.306 e. The summed E-state index contributed by atoms with van der Waals surface area (Å²) in [7, 11) is 0. The predicted octanol–water partition coefficient (Wildman–Crippen LogP) is 3.02. The lowest BCUT2D eigenvalue weighted by Crippen LogP contribution is -2.43. The first-order chi connectivity index (χ1) is 14.9. The largest absolute Gasteiger partial charge is 0.455 e. The Morgan fingerprint density at radius 3 is 2.35 bits per heavy atom. The number of rotatable bonds is 9. The Balaban J connectivity index is 1.63. The van der Waals surface area contributed by atoms with Crippen molar-refractivity contribution in [2.24, 2.45) is 0 Å². The zero-order chi connectivity index (χ0) is 22.6. The number of para-hydroxylation sites is 1. The molecule has 2 aromatic rings. The first-order valence-electron chi connectivity index (χ1n) is 9.77. The molecule has 0 aliphatic heterocycles. The number of nitrogens with one attached hydrogen (secondary N) is 3. The van der Waals surface area contributed by atoms with E-state index in [1.54, 1.807) is 18.2 Å². The van der Waals surface area contributed by atoms with Crippen molar-refractivity contribution in [3.8, 4) is 0 Å². The number of carbonyl (C=O) groups is 4. The van der Waals surface area contributed by atoms with Gasteiger partial charge < -0.3 is 10.1 Å². The van der Waals surface area contributed by atoms with Gasteiger partial charge >= 0.3 is 5.97 Å². The van der Waals surface area contributed by atoms with E-state index in [0.29, 0.717) is 0 Å². The van der Waals surface area contributed by atoms with Crippen LogP contribution in [-0.2, 0) is 25.5 Å². The van der Waals surface area contributed by atoms with E-state index in [-0.39, 0.29) is 35.8 Å². The number of hydrogen-bond acceptors (Lipinski definition) is 5. The minimum absolute atomic E-state index is 0.0118. The molecule has 0 fully saturated rings. The summed E-state index contributed by atoms with van der Waals surface area (Å²) in [6, 6.07) is 13.9. The molecule has 0 aliphatic carbocycles. The summed E-state index contributed by atoms with van der Waals surface area (Å²) < 4.78 is 4.84. The Bertz CT molecular complexity index is 948. The van der Waals surface area contributed by atoms with Crippen molar-refractivity contribution in [3.63, 3.8) is 0 Å². The van der Waals surface area contributed by atoms with E-state index in [4.69, 9.17) is 16.3 Å². The summed E-state index contributed by atoms with van der Waals surface area (Å²) in [6.45, 7) is 1.44. The highest BCUT2D eigenvalue weighted by Gasteiger charge is 2.13. The van der Waals surface area contributed by atoms with Crippen LogP contribution in [0.15, 0.2) is 48.5 Å². The molecule has 2 aromatic carbocycles. The molecular weight excluding hydrogens is 422 g/mol. The van der Waals surface area contributed by atoms with Crippen LogP contribution in [0.3, 0.4) is 0 Å². The van der Waals surface area contributed by atoms with Crippen molar-refractivity contribution in [2.75, 3.05) is 11.9 Å². The third kappa shape index (κ3) is 8.10. The second-order valence-corrected chi connectivity index (χ2v) is 6.96. The number of ether oxygens (including phenoxy) is 1. The number of anilines is 1. The number of hydrazine groups is 1. The second-order valence-electron chi connectivity index (χ2n) is 6.56. The number of aryl methyl sites for hydroxylation is 1. The van der Waals surface area contributed by atoms with Gasteiger partial charge in [-0.15, -0.1) is 0 Å². The van der Waals surface area contributed by atoms with Crippen molar-refractivity contribution in [2.45, 2.75) is 32.6 Å². The van der Waals surface area contributed by atoms with Crippen molar-refractivity contribution >= 4 is 41.0 Å². The summed E-state index contributed by atoms with van der Waals surface area (Å²) in [5, 5.41) is 3.06. The number of esters is 1. The van der Waals surface area contributed by atoms with Crippen molar-refractivity contribution in [1.29, 1.82) is 0 Å². The van der Waals surface area contributed by atoms with Crippen LogP contribution in [-0.4, -0.2) is 30.3 Å². The van der Waals surface area contributed by atoms with Crippen molar-refractivity contribution in [1.82, 2.24) is 10.9 Å². The van der Waals surface area contributed by atoms with Gasteiger partial charge in [0.15, 0.2) is 6.61 Å². The Labute approximate surface area is 185 Å². The highest BCUT2D eigenvalue weighted by molar-refractivity contribution is 6.33. The van der Waals surface area contributed by atoms with Gasteiger partial charge in [-0.05, 0) is 36.6 Å². The first kappa shape index (κ1) is 23.9. The SMILES string of the molecule is CCc1ccccc1NC(=O)CCCC(=O)OCC(=O)NNC(=O)c1ccccc1Cl. The molecule has 0 bridgehead atoms. The fourth-order valence-electron chi connectivity index (χ4n) is 2.65. The molecule has 164 valence electrons. The van der Waals surface area contributed by atoms with E-state index < -0.39 is 24.4 Å². The maximum absolute atomic E-state index is 12.0. The van der Waals surface area contributed by atoms with E-state index in [0.717, 1.165) is 17.7 Å². The summed E-state index contributed by atoms with van der Waals surface area (Å²) >= 11 is 5.90. The number of hydrogen-bond donors (Lipinski definition) is 3. The number of carbonyl (C=O) groups excluding carboxylic acids is 4. The molecular formula is C22H24ClN3O5. The average molecular weight is 446 g/mol. The Morgan fingerprint density at radius 2 is 1.61 bits per heavy atom. The molecule has 0 saturated carbocycles. The van der Waals surface area contributed by atoms with Crippen LogP contribution in [0.1, 0.15) is 42.1 Å². The lowest BCUT2D eigenvalue weighted by Gasteiger charge is -2.10. The lowest BCUT2D eigenvalue weighted by atomic mass is 10.1. The highest BCUT2D eigenvalue weighted by atomic mass is 35.5. The van der Waals surface area contributed by atoms with Gasteiger partial charge in [-0.3, -0.25) is 30.0 Å². The summed E-state index contributed by atoms with van der Waals surface area (Å²) in [6.07, 6.45) is 1.21. The molecule has 0 atom stereocenters. The quantitative estimate of drug-likeness (QED) is 0.405. The number of benzene rings is 2. The van der Waals surface area contributed by atoms with Crippen LogP contribution in [0, 0.1) is 0 Å². The van der Waals surface area contributed by atoms with Crippen LogP contribution >= 0.6 is 11.6 Å². The van der Waals surface area contributed by atoms with E-state index in [1.807, 2.05) is 31.2 Å². The molecule has 9 heteroatoms. The Hall–Kier alpha value is -3.39. The van der Waals surface area contributed by atoms with Gasteiger partial charge in [-0.25, -0.2) is 0 Å². The average Bonchev–Trinajstić information content (AvgIpc) is 2.76. The zero-order valence-corrected chi connectivity index (χ0v) is 17.8. The summed E-state index contributed by atoms with van der Waals surface area (Å²) in [4.78, 5) is 47.4. The normalized spacial score (nSPS) is 10.1. The van der Waals surface area contributed by atoms with Crippen LogP contribution in [0.2, 0.25) is 5.02 Å². The standard InChI is InChI=1S/C22H24ClN3O5/c1-2-15-8-3-6-11-18(15)24-19(27)12-7-13-21(29)31-14-20(28)25-26-22(30)16-9-4-5-10-17(16)23/h3-6,8-11H,2,7,12-14H2,1H3,(H,24,27)(H,25,28)(H,26,30). The maximum atomic E-state index is 12.0. The molecule has 0 spiro atoms. The fraction of sp³-hybridized carbons (Fsp3) is 0.273. The van der Waals surface area contributed by atoms with Crippen LogP contribution in [0.4, 0.5) is 5.69 Å². The van der Waals surface area contributed by atoms with Gasteiger partial charge in [0.1, 0.15) is 0 Å². The summed E-state index contributed by atoms with van der Waals surface area (Å²) in [5.41, 5.74) is 6.31. The molecule has 0 aliphatic rings. The molecule has 8 nitrogen and oxygen atoms in total. The molecule has 3 amide bonds. The van der Waals surface area contributed by atoms with Gasteiger partial charge in [0, 0.05) is 18.5 Å². The lowest BCUT2D eigenvalue weighted by molar-refractivity contribution is -0.148. The second kappa shape index (κ2) is 12.3. The third-order valence-electron chi connectivity index (χ3n) is 4.26. The monoisotopic (exact) mass is 445 g/mol. The molecule has 3 N–H and O–H groups in total. The zero-order valence-electron chi connectivity index (χ0n) is 17.1. The Morgan fingerprint density at radius 1 is 0.903 bits per heavy atom. The van der Waals surface area contributed by atoms with Crippen LogP contribution in [0.5, 0.6) is 0 Å². The van der Waals surface area contributed by atoms with Crippen LogP contribution in [0.25, 0.3) is 0 Å². The molecule has 31 heavy (non-hydrogen) atoms. The first-order valence-corrected chi connectivity index (χ1v) is 10.2. The molecule has 0 unspecified atom stereocenters. The molecule has 0 radical (unpaired) electrons. The minimum Gasteiger partial charge on any atom is -0.455 e. The van der Waals surface area contributed by atoms with Gasteiger partial charge in [0.05, 0.1) is 10.6 Å².